The van der Waals surface area contributed by atoms with Crippen molar-refractivity contribution in [3.05, 3.63) is 59.0 Å². The maximum atomic E-state index is 14.4. The van der Waals surface area contributed by atoms with E-state index in [0.29, 0.717) is 5.94 Å². The van der Waals surface area contributed by atoms with E-state index in [9.17, 15) is 13.2 Å². The van der Waals surface area contributed by atoms with Gasteiger partial charge in [0.25, 0.3) is 6.43 Å². The minimum atomic E-state index is -2.64. The van der Waals surface area contributed by atoms with Crippen LogP contribution >= 0.6 is 23.4 Å². The van der Waals surface area contributed by atoms with Gasteiger partial charge in [-0.1, -0.05) is 18.3 Å². The number of hydrogen-bond acceptors (Lipinski definition) is 3. The first-order chi connectivity index (χ1) is 11.0. The zero-order chi connectivity index (χ0) is 17.0. The number of thioether (sulfide) groups is 1. The van der Waals surface area contributed by atoms with Crippen LogP contribution in [0.1, 0.15) is 5.56 Å². The summed E-state index contributed by atoms with van der Waals surface area (Å²) in [6.07, 6.45) is 3.32. The van der Waals surface area contributed by atoms with Gasteiger partial charge in [0.2, 0.25) is 0 Å². The van der Waals surface area contributed by atoms with Gasteiger partial charge in [-0.25, -0.2) is 13.2 Å². The summed E-state index contributed by atoms with van der Waals surface area (Å²) in [5, 5.41) is 0.178. The molecular weight excluding hydrogens is 436 g/mol. The Morgan fingerprint density at radius 3 is 2.75 bits per heavy atom. The van der Waals surface area contributed by atoms with Crippen molar-refractivity contribution < 1.29 is 50.6 Å². The fourth-order valence-electron chi connectivity index (χ4n) is 2.08. The van der Waals surface area contributed by atoms with Crippen LogP contribution in [0, 0.1) is 11.9 Å². The molecule has 8 heteroatoms. The van der Waals surface area contributed by atoms with E-state index in [0.717, 1.165) is 4.90 Å². The fraction of sp³-hybridized carbons (Fsp3) is 0.250. The van der Waals surface area contributed by atoms with Gasteiger partial charge < -0.3 is 9.64 Å². The third kappa shape index (κ3) is 5.04. The van der Waals surface area contributed by atoms with Crippen molar-refractivity contribution >= 4 is 29.1 Å². The SMILES string of the molecule is C=C1C(Cl)=C[C-]=C(c2c(F)cccc2OCSC)N1CC(F)F.[Y]. The molecule has 1 aromatic rings. The van der Waals surface area contributed by atoms with Crippen LogP contribution in [0.25, 0.3) is 5.70 Å². The molecule has 0 spiro atoms. The number of ether oxygens (including phenoxy) is 1. The first kappa shape index (κ1) is 21.6. The molecule has 1 heterocycles. The van der Waals surface area contributed by atoms with Gasteiger partial charge >= 0.3 is 0 Å². The van der Waals surface area contributed by atoms with Crippen LogP contribution in [0.15, 0.2) is 41.6 Å². The number of alkyl halides is 2. The topological polar surface area (TPSA) is 12.5 Å². The Hall–Kier alpha value is -0.426. The molecule has 24 heavy (non-hydrogen) atoms. The summed E-state index contributed by atoms with van der Waals surface area (Å²) in [5.41, 5.74) is 0.345. The average molecular weight is 450 g/mol. The molecule has 0 saturated carbocycles. The summed E-state index contributed by atoms with van der Waals surface area (Å²) < 4.78 is 45.6. The first-order valence-electron chi connectivity index (χ1n) is 6.60. The summed E-state index contributed by atoms with van der Waals surface area (Å²) in [4.78, 5) is 1.15. The second-order valence-electron chi connectivity index (χ2n) is 4.60. The van der Waals surface area contributed by atoms with Crippen molar-refractivity contribution in [2.45, 2.75) is 6.43 Å². The minimum absolute atomic E-state index is 0. The maximum Gasteiger partial charge on any atom is 0.256 e. The van der Waals surface area contributed by atoms with Gasteiger partial charge in [0.05, 0.1) is 18.1 Å². The normalized spacial score (nSPS) is 14.2. The molecular formula is C16H14ClF3NOSY-. The van der Waals surface area contributed by atoms with Crippen molar-refractivity contribution in [1.82, 2.24) is 4.90 Å². The van der Waals surface area contributed by atoms with E-state index < -0.39 is 18.8 Å². The monoisotopic (exact) mass is 449 g/mol. The smallest absolute Gasteiger partial charge is 0.256 e. The van der Waals surface area contributed by atoms with E-state index in [1.807, 2.05) is 6.26 Å². The Morgan fingerprint density at radius 2 is 2.12 bits per heavy atom. The zero-order valence-corrected chi connectivity index (χ0v) is 17.3. The van der Waals surface area contributed by atoms with Gasteiger partial charge in [0.1, 0.15) is 5.94 Å². The zero-order valence-electron chi connectivity index (χ0n) is 12.9. The summed E-state index contributed by atoms with van der Waals surface area (Å²) in [6.45, 7) is 3.03. The van der Waals surface area contributed by atoms with Crippen LogP contribution in [0.5, 0.6) is 5.75 Å². The molecule has 0 saturated heterocycles. The van der Waals surface area contributed by atoms with E-state index in [-0.39, 0.29) is 60.4 Å². The molecule has 0 N–H and O–H groups in total. The minimum Gasteiger partial charge on any atom is -0.495 e. The summed E-state index contributed by atoms with van der Waals surface area (Å²) in [7, 11) is 0. The Balaban J connectivity index is 0.00000288. The van der Waals surface area contributed by atoms with Crippen LogP contribution in [-0.4, -0.2) is 30.1 Å². The summed E-state index contributed by atoms with van der Waals surface area (Å²) >= 11 is 7.34. The van der Waals surface area contributed by atoms with Gasteiger partial charge in [-0.15, -0.1) is 11.8 Å². The second kappa shape index (κ2) is 9.90. The van der Waals surface area contributed by atoms with Crippen LogP contribution in [0.3, 0.4) is 0 Å². The first-order valence-corrected chi connectivity index (χ1v) is 8.37. The van der Waals surface area contributed by atoms with E-state index in [2.05, 4.69) is 12.7 Å². The molecule has 0 unspecified atom stereocenters. The molecule has 2 nitrogen and oxygen atoms in total. The summed E-state index contributed by atoms with van der Waals surface area (Å²) in [6, 6.07) is 4.30. The van der Waals surface area contributed by atoms with E-state index in [4.69, 9.17) is 16.3 Å². The molecule has 2 rings (SSSR count). The van der Waals surface area contributed by atoms with Crippen LogP contribution in [0.2, 0.25) is 0 Å². The standard InChI is InChI=1S/C16H14ClF3NOS.Y/c1-10-11(17)6-7-13(21(10)8-15(19)20)16-12(18)4-3-5-14(16)22-9-23-2;/h3-6,15H,1,8-9H2,2H3;/q-1;. The Morgan fingerprint density at radius 1 is 1.42 bits per heavy atom. The molecule has 0 aliphatic carbocycles. The molecule has 0 bridgehead atoms. The van der Waals surface area contributed by atoms with Gasteiger partial charge in [-0.2, -0.15) is 23.8 Å². The number of allylic oxidation sites excluding steroid dienone is 3. The number of nitrogens with zero attached hydrogens (tertiary/aromatic N) is 1. The quantitative estimate of drug-likeness (QED) is 0.453. The number of halogens is 4. The van der Waals surface area contributed by atoms with Crippen molar-refractivity contribution in [3.8, 4) is 5.75 Å². The van der Waals surface area contributed by atoms with Crippen molar-refractivity contribution in [3.63, 3.8) is 0 Å². The van der Waals surface area contributed by atoms with Crippen molar-refractivity contribution in [1.29, 1.82) is 0 Å². The van der Waals surface area contributed by atoms with Crippen LogP contribution in [-0.2, 0) is 32.7 Å². The van der Waals surface area contributed by atoms with Gasteiger partial charge in [-0.05, 0) is 34.7 Å². The second-order valence-corrected chi connectivity index (χ2v) is 5.82. The Labute approximate surface area is 173 Å². The van der Waals surface area contributed by atoms with E-state index in [1.165, 1.54) is 30.0 Å². The largest absolute Gasteiger partial charge is 0.495 e. The van der Waals surface area contributed by atoms with Crippen molar-refractivity contribution in [2.75, 3.05) is 18.7 Å². The van der Waals surface area contributed by atoms with E-state index in [1.54, 1.807) is 6.07 Å². The number of hydrogen-bond donors (Lipinski definition) is 0. The fourth-order valence-corrected chi connectivity index (χ4v) is 2.48. The van der Waals surface area contributed by atoms with Crippen LogP contribution in [0.4, 0.5) is 13.2 Å². The summed E-state index contributed by atoms with van der Waals surface area (Å²) in [5.74, 6) is -0.0409. The van der Waals surface area contributed by atoms with Gasteiger partial charge in [0.15, 0.2) is 0 Å². The third-order valence-electron chi connectivity index (χ3n) is 3.07. The van der Waals surface area contributed by atoms with Crippen LogP contribution < -0.4 is 4.74 Å². The molecule has 0 amide bonds. The molecule has 0 aromatic heterocycles. The van der Waals surface area contributed by atoms with Gasteiger partial charge in [0, 0.05) is 32.7 Å². The number of rotatable bonds is 6. The molecule has 1 aliphatic rings. The van der Waals surface area contributed by atoms with Crippen molar-refractivity contribution in [2.24, 2.45) is 0 Å². The predicted molar refractivity (Wildman–Crippen MR) is 87.8 cm³/mol. The molecule has 1 aromatic carbocycles. The molecule has 1 aliphatic heterocycles. The number of benzene rings is 1. The Bertz CT molecular complexity index is 667. The molecule has 127 valence electrons. The molecule has 1 radical (unpaired) electrons. The van der Waals surface area contributed by atoms with Gasteiger partial charge in [-0.3, -0.25) is 0 Å². The molecule has 0 fully saturated rings. The van der Waals surface area contributed by atoms with E-state index >= 15 is 0 Å². The molecule has 0 atom stereocenters. The Kier molecular flexibility index (Phi) is 8.92. The predicted octanol–water partition coefficient (Wildman–Crippen LogP) is 4.88. The third-order valence-corrected chi connectivity index (χ3v) is 3.75. The maximum absolute atomic E-state index is 14.4. The average Bonchev–Trinajstić information content (AvgIpc) is 2.50.